The molecular weight excluding hydrogens is 322 g/mol. The van der Waals surface area contributed by atoms with Crippen molar-refractivity contribution < 1.29 is 19.4 Å². The Labute approximate surface area is 148 Å². The van der Waals surface area contributed by atoms with Gasteiger partial charge in [-0.05, 0) is 25.0 Å². The number of aliphatic hydroxyl groups excluding tert-OH is 1. The molecule has 0 spiro atoms. The average Bonchev–Trinajstić information content (AvgIpc) is 2.59. The second-order valence-corrected chi connectivity index (χ2v) is 6.65. The summed E-state index contributed by atoms with van der Waals surface area (Å²) in [6.07, 6.45) is -1.01. The van der Waals surface area contributed by atoms with Crippen molar-refractivity contribution in [2.24, 2.45) is 5.92 Å². The van der Waals surface area contributed by atoms with Crippen molar-refractivity contribution in [3.05, 3.63) is 24.3 Å². The van der Waals surface area contributed by atoms with Crippen molar-refractivity contribution in [2.75, 3.05) is 38.1 Å². The van der Waals surface area contributed by atoms with Crippen molar-refractivity contribution in [3.63, 3.8) is 0 Å². The summed E-state index contributed by atoms with van der Waals surface area (Å²) >= 11 is 0. The molecule has 0 radical (unpaired) electrons. The van der Waals surface area contributed by atoms with E-state index in [-0.39, 0.29) is 11.9 Å². The average molecular weight is 349 g/mol. The lowest BCUT2D eigenvalue weighted by molar-refractivity contribution is -0.140. The number of piperazine rings is 1. The molecule has 7 nitrogen and oxygen atoms in total. The fraction of sp³-hybridized carbons (Fsp3) is 0.556. The van der Waals surface area contributed by atoms with Crippen LogP contribution in [0.1, 0.15) is 20.8 Å². The molecule has 25 heavy (non-hydrogen) atoms. The fourth-order valence-electron chi connectivity index (χ4n) is 2.52. The first-order chi connectivity index (χ1) is 11.9. The number of ether oxygens (including phenoxy) is 1. The molecule has 2 N–H and O–H groups in total. The smallest absolute Gasteiger partial charge is 0.321 e. The minimum atomic E-state index is -1.01. The zero-order valence-electron chi connectivity index (χ0n) is 15.1. The molecule has 1 saturated heterocycles. The summed E-state index contributed by atoms with van der Waals surface area (Å²) in [5.41, 5.74) is 0.675. The molecule has 1 atom stereocenters. The molecule has 1 aromatic carbocycles. The Kier molecular flexibility index (Phi) is 6.64. The van der Waals surface area contributed by atoms with Gasteiger partial charge in [-0.2, -0.15) is 0 Å². The van der Waals surface area contributed by atoms with Crippen molar-refractivity contribution >= 4 is 17.6 Å². The number of carbonyl (C=O) groups excluding carboxylic acids is 2. The zero-order valence-corrected chi connectivity index (χ0v) is 15.1. The molecule has 0 bridgehead atoms. The lowest BCUT2D eigenvalue weighted by Crippen LogP contribution is -2.53. The van der Waals surface area contributed by atoms with Crippen LogP contribution in [0, 0.1) is 5.92 Å². The van der Waals surface area contributed by atoms with Crippen LogP contribution >= 0.6 is 0 Å². The van der Waals surface area contributed by atoms with Gasteiger partial charge in [0.25, 0.3) is 5.91 Å². The molecular formula is C18H27N3O4. The van der Waals surface area contributed by atoms with Crippen LogP contribution in [-0.2, 0) is 4.79 Å². The second-order valence-electron chi connectivity index (χ2n) is 6.65. The number of amides is 3. The van der Waals surface area contributed by atoms with E-state index in [4.69, 9.17) is 4.74 Å². The molecule has 1 aliphatic rings. The van der Waals surface area contributed by atoms with Crippen LogP contribution in [0.5, 0.6) is 5.75 Å². The Morgan fingerprint density at radius 1 is 1.16 bits per heavy atom. The van der Waals surface area contributed by atoms with Gasteiger partial charge in [-0.25, -0.2) is 4.79 Å². The first kappa shape index (κ1) is 19.1. The zero-order chi connectivity index (χ0) is 18.4. The van der Waals surface area contributed by atoms with E-state index < -0.39 is 6.10 Å². The summed E-state index contributed by atoms with van der Waals surface area (Å²) in [5, 5.41) is 12.2. The Hall–Kier alpha value is -2.28. The number of carbonyl (C=O) groups is 2. The highest BCUT2D eigenvalue weighted by Crippen LogP contribution is 2.18. The van der Waals surface area contributed by atoms with Gasteiger partial charge < -0.3 is 25.0 Å². The number of aliphatic hydroxyl groups is 1. The van der Waals surface area contributed by atoms with E-state index in [0.29, 0.717) is 44.4 Å². The van der Waals surface area contributed by atoms with Crippen molar-refractivity contribution in [1.82, 2.24) is 9.80 Å². The van der Waals surface area contributed by atoms with Gasteiger partial charge >= 0.3 is 6.03 Å². The highest BCUT2D eigenvalue weighted by atomic mass is 16.5. The van der Waals surface area contributed by atoms with Gasteiger partial charge in [0.05, 0.1) is 6.61 Å². The Balaban J connectivity index is 1.86. The maximum absolute atomic E-state index is 12.4. The number of rotatable bonds is 5. The lowest BCUT2D eigenvalue weighted by Gasteiger charge is -2.35. The normalized spacial score (nSPS) is 15.9. The number of benzene rings is 1. The van der Waals surface area contributed by atoms with Crippen molar-refractivity contribution in [1.29, 1.82) is 0 Å². The lowest BCUT2D eigenvalue weighted by atomic mass is 10.2. The number of hydrogen-bond donors (Lipinski definition) is 2. The van der Waals surface area contributed by atoms with E-state index in [9.17, 15) is 14.7 Å². The highest BCUT2D eigenvalue weighted by Gasteiger charge is 2.26. The van der Waals surface area contributed by atoms with E-state index in [1.54, 1.807) is 15.9 Å². The topological polar surface area (TPSA) is 82.1 Å². The summed E-state index contributed by atoms with van der Waals surface area (Å²) in [6, 6.07) is 7.11. The maximum atomic E-state index is 12.4. The van der Waals surface area contributed by atoms with Gasteiger partial charge in [0, 0.05) is 37.9 Å². The van der Waals surface area contributed by atoms with Crippen LogP contribution in [0.25, 0.3) is 0 Å². The van der Waals surface area contributed by atoms with E-state index in [1.807, 2.05) is 18.2 Å². The van der Waals surface area contributed by atoms with Gasteiger partial charge in [-0.15, -0.1) is 0 Å². The fourth-order valence-corrected chi connectivity index (χ4v) is 2.52. The Morgan fingerprint density at radius 3 is 2.40 bits per heavy atom. The van der Waals surface area contributed by atoms with Gasteiger partial charge in [0.2, 0.25) is 0 Å². The van der Waals surface area contributed by atoms with Crippen LogP contribution in [0.15, 0.2) is 24.3 Å². The maximum Gasteiger partial charge on any atom is 0.321 e. The number of urea groups is 1. The molecule has 1 aliphatic heterocycles. The van der Waals surface area contributed by atoms with Gasteiger partial charge in [0.15, 0.2) is 0 Å². The summed E-state index contributed by atoms with van der Waals surface area (Å²) < 4.78 is 5.67. The molecule has 2 rings (SSSR count). The monoisotopic (exact) mass is 349 g/mol. The summed E-state index contributed by atoms with van der Waals surface area (Å²) in [4.78, 5) is 27.4. The third-order valence-corrected chi connectivity index (χ3v) is 3.90. The Bertz CT molecular complexity index is 596. The van der Waals surface area contributed by atoms with Gasteiger partial charge in [-0.3, -0.25) is 4.79 Å². The molecule has 138 valence electrons. The first-order valence-electron chi connectivity index (χ1n) is 8.62. The minimum absolute atomic E-state index is 0.204. The van der Waals surface area contributed by atoms with Crippen LogP contribution in [-0.4, -0.2) is 65.7 Å². The molecule has 0 aliphatic carbocycles. The third kappa shape index (κ3) is 5.63. The van der Waals surface area contributed by atoms with Crippen LogP contribution in [0.2, 0.25) is 0 Å². The van der Waals surface area contributed by atoms with E-state index in [0.717, 1.165) is 5.75 Å². The molecule has 0 aromatic heterocycles. The number of nitrogens with zero attached hydrogens (tertiary/aromatic N) is 2. The Morgan fingerprint density at radius 2 is 1.80 bits per heavy atom. The van der Waals surface area contributed by atoms with E-state index in [2.05, 4.69) is 19.2 Å². The predicted molar refractivity (Wildman–Crippen MR) is 95.6 cm³/mol. The number of nitrogens with one attached hydrogen (secondary N) is 1. The van der Waals surface area contributed by atoms with Crippen molar-refractivity contribution in [2.45, 2.75) is 26.9 Å². The summed E-state index contributed by atoms with van der Waals surface area (Å²) in [6.45, 7) is 7.96. The second kappa shape index (κ2) is 8.71. The first-order valence-corrected chi connectivity index (χ1v) is 8.62. The van der Waals surface area contributed by atoms with Gasteiger partial charge in [0.1, 0.15) is 11.9 Å². The summed E-state index contributed by atoms with van der Waals surface area (Å²) in [7, 11) is 0. The molecule has 1 heterocycles. The molecule has 0 saturated carbocycles. The van der Waals surface area contributed by atoms with E-state index in [1.165, 1.54) is 6.92 Å². The quantitative estimate of drug-likeness (QED) is 0.849. The predicted octanol–water partition coefficient (Wildman–Crippen LogP) is 1.78. The van der Waals surface area contributed by atoms with E-state index >= 15 is 0 Å². The summed E-state index contributed by atoms with van der Waals surface area (Å²) in [5.74, 6) is 0.854. The third-order valence-electron chi connectivity index (χ3n) is 3.90. The van der Waals surface area contributed by atoms with Gasteiger partial charge in [-0.1, -0.05) is 19.9 Å². The molecule has 7 heteroatoms. The molecule has 1 fully saturated rings. The molecule has 1 aromatic rings. The standard InChI is InChI=1S/C18H27N3O4/c1-13(2)12-25-16-6-4-5-15(11-16)19-18(24)21-9-7-20(8-10-21)17(23)14(3)22/h4-6,11,13-14,22H,7-10,12H2,1-3H3,(H,19,24)/t14-/m0/s1. The van der Waals surface area contributed by atoms with Crippen LogP contribution in [0.3, 0.4) is 0 Å². The largest absolute Gasteiger partial charge is 0.493 e. The van der Waals surface area contributed by atoms with Crippen LogP contribution < -0.4 is 10.1 Å². The molecule has 3 amide bonds. The number of anilines is 1. The van der Waals surface area contributed by atoms with Crippen LogP contribution in [0.4, 0.5) is 10.5 Å². The SMILES string of the molecule is CC(C)COc1cccc(NC(=O)N2CCN(C(=O)[C@H](C)O)CC2)c1. The number of hydrogen-bond acceptors (Lipinski definition) is 4. The highest BCUT2D eigenvalue weighted by molar-refractivity contribution is 5.89. The van der Waals surface area contributed by atoms with Crippen molar-refractivity contribution in [3.8, 4) is 5.75 Å². The minimum Gasteiger partial charge on any atom is -0.493 e. The molecule has 0 unspecified atom stereocenters.